The van der Waals surface area contributed by atoms with Gasteiger partial charge in [0.25, 0.3) is 0 Å². The van der Waals surface area contributed by atoms with E-state index in [-0.39, 0.29) is 11.5 Å². The van der Waals surface area contributed by atoms with Gasteiger partial charge in [-0.25, -0.2) is 0 Å². The average Bonchev–Trinajstić information content (AvgIpc) is 3.22. The number of rotatable bonds is 3. The minimum atomic E-state index is -4.37. The highest BCUT2D eigenvalue weighted by Gasteiger charge is 2.45. The number of halogens is 3. The van der Waals surface area contributed by atoms with Crippen LogP contribution in [0.2, 0.25) is 0 Å². The zero-order valence-corrected chi connectivity index (χ0v) is 13.1. The summed E-state index contributed by atoms with van der Waals surface area (Å²) in [4.78, 5) is 2.43. The lowest BCUT2D eigenvalue weighted by Crippen LogP contribution is -2.50. The molecule has 2 N–H and O–H groups in total. The van der Waals surface area contributed by atoms with Gasteiger partial charge in [0, 0.05) is 36.3 Å². The van der Waals surface area contributed by atoms with Gasteiger partial charge in [0.1, 0.15) is 0 Å². The van der Waals surface area contributed by atoms with E-state index in [1.807, 2.05) is 0 Å². The third kappa shape index (κ3) is 3.01. The molecule has 3 aliphatic rings. The van der Waals surface area contributed by atoms with Crippen molar-refractivity contribution in [3.63, 3.8) is 0 Å². The molecule has 23 heavy (non-hydrogen) atoms. The van der Waals surface area contributed by atoms with Crippen molar-refractivity contribution in [3.8, 4) is 0 Å². The molecule has 1 aromatic heterocycles. The molecule has 7 heteroatoms. The van der Waals surface area contributed by atoms with Crippen molar-refractivity contribution in [2.45, 2.75) is 62.2 Å². The maximum atomic E-state index is 12.7. The van der Waals surface area contributed by atoms with Crippen LogP contribution in [0.25, 0.3) is 0 Å². The van der Waals surface area contributed by atoms with Gasteiger partial charge in [-0.2, -0.15) is 18.3 Å². The number of alkyl halides is 3. The Bertz CT molecular complexity index is 560. The second kappa shape index (κ2) is 5.48. The SMILES string of the molecule is FC(F)(F)c1cc(C2CCCN(CC34CCC(CC3)N4)C2)[nH]n1. The molecule has 0 amide bonds. The predicted molar refractivity (Wildman–Crippen MR) is 80.1 cm³/mol. The van der Waals surface area contributed by atoms with Gasteiger partial charge in [0.2, 0.25) is 0 Å². The number of piperidine rings is 1. The van der Waals surface area contributed by atoms with Crippen molar-refractivity contribution in [2.75, 3.05) is 19.6 Å². The van der Waals surface area contributed by atoms with E-state index in [2.05, 4.69) is 20.4 Å². The number of H-pyrrole nitrogens is 1. The summed E-state index contributed by atoms with van der Waals surface area (Å²) < 4.78 is 38.1. The number of aromatic nitrogens is 2. The highest BCUT2D eigenvalue weighted by atomic mass is 19.4. The maximum absolute atomic E-state index is 12.7. The van der Waals surface area contributed by atoms with Crippen LogP contribution in [0.1, 0.15) is 55.8 Å². The molecule has 0 aromatic carbocycles. The molecule has 2 bridgehead atoms. The van der Waals surface area contributed by atoms with Gasteiger partial charge < -0.3 is 10.2 Å². The first-order valence-corrected chi connectivity index (χ1v) is 8.56. The van der Waals surface area contributed by atoms with Gasteiger partial charge in [0.05, 0.1) is 0 Å². The molecule has 4 nitrogen and oxygen atoms in total. The lowest BCUT2D eigenvalue weighted by atomic mass is 9.86. The number of hydrogen-bond acceptors (Lipinski definition) is 3. The molecule has 0 saturated carbocycles. The molecular formula is C16H23F3N4. The van der Waals surface area contributed by atoms with E-state index >= 15 is 0 Å². The molecule has 0 radical (unpaired) electrons. The number of fused-ring (bicyclic) bond motifs is 2. The monoisotopic (exact) mass is 328 g/mol. The lowest BCUT2D eigenvalue weighted by Gasteiger charge is -2.38. The number of likely N-dealkylation sites (tertiary alicyclic amines) is 1. The van der Waals surface area contributed by atoms with Crippen LogP contribution in [0, 0.1) is 0 Å². The molecule has 0 aliphatic carbocycles. The number of aromatic amines is 1. The van der Waals surface area contributed by atoms with Crippen molar-refractivity contribution in [1.29, 1.82) is 0 Å². The van der Waals surface area contributed by atoms with E-state index < -0.39 is 11.9 Å². The normalized spacial score (nSPS) is 35.1. The minimum Gasteiger partial charge on any atom is -0.307 e. The van der Waals surface area contributed by atoms with Crippen LogP contribution in [0.4, 0.5) is 13.2 Å². The number of nitrogens with one attached hydrogen (secondary N) is 2. The summed E-state index contributed by atoms with van der Waals surface area (Å²) >= 11 is 0. The van der Waals surface area contributed by atoms with Crippen LogP contribution in [0.15, 0.2) is 6.07 Å². The smallest absolute Gasteiger partial charge is 0.307 e. The van der Waals surface area contributed by atoms with E-state index in [1.54, 1.807) is 0 Å². The Kier molecular flexibility index (Phi) is 3.68. The first-order valence-electron chi connectivity index (χ1n) is 8.56. The highest BCUT2D eigenvalue weighted by Crippen LogP contribution is 2.39. The second-order valence-electron chi connectivity index (χ2n) is 7.48. The standard InChI is InChI=1S/C16H23F3N4/c17-16(18,19)14-8-13(21-22-14)11-2-1-7-23(9-11)10-15-5-3-12(20-15)4-6-15/h8,11-12,20H,1-7,9-10H2,(H,21,22). The van der Waals surface area contributed by atoms with Gasteiger partial charge in [-0.3, -0.25) is 5.10 Å². The molecule has 1 aromatic rings. The quantitative estimate of drug-likeness (QED) is 0.897. The number of hydrogen-bond donors (Lipinski definition) is 2. The fourth-order valence-electron chi connectivity index (χ4n) is 4.67. The molecular weight excluding hydrogens is 305 g/mol. The van der Waals surface area contributed by atoms with Crippen molar-refractivity contribution in [1.82, 2.24) is 20.4 Å². The summed E-state index contributed by atoms with van der Waals surface area (Å²) in [7, 11) is 0. The van der Waals surface area contributed by atoms with E-state index in [0.29, 0.717) is 11.7 Å². The first kappa shape index (κ1) is 15.4. The average molecular weight is 328 g/mol. The molecule has 0 spiro atoms. The molecule has 4 heterocycles. The fraction of sp³-hybridized carbons (Fsp3) is 0.812. The Balaban J connectivity index is 1.42. The number of nitrogens with zero attached hydrogens (tertiary/aromatic N) is 2. The van der Waals surface area contributed by atoms with Crippen molar-refractivity contribution in [2.24, 2.45) is 0 Å². The largest absolute Gasteiger partial charge is 0.435 e. The Morgan fingerprint density at radius 2 is 2.04 bits per heavy atom. The molecule has 4 rings (SSSR count). The molecule has 3 aliphatic heterocycles. The summed E-state index contributed by atoms with van der Waals surface area (Å²) in [5.41, 5.74) is 0.0834. The molecule has 128 valence electrons. The predicted octanol–water partition coefficient (Wildman–Crippen LogP) is 2.89. The van der Waals surface area contributed by atoms with Crippen LogP contribution < -0.4 is 5.32 Å². The van der Waals surface area contributed by atoms with Crippen molar-refractivity contribution >= 4 is 0 Å². The van der Waals surface area contributed by atoms with Gasteiger partial charge in [0.15, 0.2) is 5.69 Å². The Morgan fingerprint density at radius 3 is 2.65 bits per heavy atom. The Labute approximate surface area is 133 Å². The van der Waals surface area contributed by atoms with Gasteiger partial charge in [-0.05, 0) is 51.1 Å². The van der Waals surface area contributed by atoms with Crippen LogP contribution in [-0.2, 0) is 6.18 Å². The van der Waals surface area contributed by atoms with E-state index in [1.165, 1.54) is 31.7 Å². The first-order chi connectivity index (χ1) is 10.9. The summed E-state index contributed by atoms with van der Waals surface area (Å²) in [5, 5.41) is 9.82. The molecule has 3 fully saturated rings. The molecule has 3 saturated heterocycles. The third-order valence-electron chi connectivity index (χ3n) is 5.81. The Hall–Kier alpha value is -1.08. The molecule has 1 unspecified atom stereocenters. The zero-order valence-electron chi connectivity index (χ0n) is 13.1. The van der Waals surface area contributed by atoms with Gasteiger partial charge >= 0.3 is 6.18 Å². The third-order valence-corrected chi connectivity index (χ3v) is 5.81. The van der Waals surface area contributed by atoms with Crippen LogP contribution in [0.5, 0.6) is 0 Å². The maximum Gasteiger partial charge on any atom is 0.435 e. The van der Waals surface area contributed by atoms with Gasteiger partial charge in [-0.15, -0.1) is 0 Å². The summed E-state index contributed by atoms with van der Waals surface area (Å²) in [6.45, 7) is 2.90. The molecule has 1 atom stereocenters. The Morgan fingerprint density at radius 1 is 1.26 bits per heavy atom. The van der Waals surface area contributed by atoms with E-state index in [9.17, 15) is 13.2 Å². The van der Waals surface area contributed by atoms with Crippen LogP contribution in [0.3, 0.4) is 0 Å². The summed E-state index contributed by atoms with van der Waals surface area (Å²) in [6.07, 6.45) is 2.61. The van der Waals surface area contributed by atoms with Crippen LogP contribution in [-0.4, -0.2) is 46.3 Å². The lowest BCUT2D eigenvalue weighted by molar-refractivity contribution is -0.141. The van der Waals surface area contributed by atoms with Crippen LogP contribution >= 0.6 is 0 Å². The van der Waals surface area contributed by atoms with E-state index in [0.717, 1.165) is 32.5 Å². The fourth-order valence-corrected chi connectivity index (χ4v) is 4.67. The van der Waals surface area contributed by atoms with Crippen molar-refractivity contribution < 1.29 is 13.2 Å². The van der Waals surface area contributed by atoms with Crippen molar-refractivity contribution in [3.05, 3.63) is 17.5 Å². The highest BCUT2D eigenvalue weighted by molar-refractivity contribution is 5.17. The minimum absolute atomic E-state index is 0.127. The second-order valence-corrected chi connectivity index (χ2v) is 7.48. The zero-order chi connectivity index (χ0) is 16.1. The summed E-state index contributed by atoms with van der Waals surface area (Å²) in [6, 6.07) is 1.88. The summed E-state index contributed by atoms with van der Waals surface area (Å²) in [5.74, 6) is 0.127. The van der Waals surface area contributed by atoms with E-state index in [4.69, 9.17) is 0 Å². The topological polar surface area (TPSA) is 44.0 Å². The van der Waals surface area contributed by atoms with Gasteiger partial charge in [-0.1, -0.05) is 0 Å².